The lowest BCUT2D eigenvalue weighted by atomic mass is 10.4. The van der Waals surface area contributed by atoms with E-state index in [1.165, 1.54) is 0 Å². The van der Waals surface area contributed by atoms with Gasteiger partial charge in [-0.1, -0.05) is 16.8 Å². The van der Waals surface area contributed by atoms with Gasteiger partial charge in [-0.3, -0.25) is 0 Å². The summed E-state index contributed by atoms with van der Waals surface area (Å²) in [6.07, 6.45) is -0.187. The number of nitrogens with zero attached hydrogens (tertiary/aromatic N) is 4. The van der Waals surface area contributed by atoms with Gasteiger partial charge in [0.05, 0.1) is 6.54 Å². The van der Waals surface area contributed by atoms with Crippen LogP contribution in [0.1, 0.15) is 37.5 Å². The van der Waals surface area contributed by atoms with Crippen molar-refractivity contribution in [3.63, 3.8) is 0 Å². The Balaban J connectivity index is 1.97. The summed E-state index contributed by atoms with van der Waals surface area (Å²) in [7, 11) is 0. The largest absolute Gasteiger partial charge is 0.371 e. The SMILES string of the molecule is CCOC(C)c1noc(CNc2cc(Cl)nc(C)n2)n1. The first-order valence-electron chi connectivity index (χ1n) is 6.27. The summed E-state index contributed by atoms with van der Waals surface area (Å²) in [6, 6.07) is 1.63. The van der Waals surface area contributed by atoms with Gasteiger partial charge in [0.25, 0.3) is 0 Å². The number of nitrogens with one attached hydrogen (secondary N) is 1. The standard InChI is InChI=1S/C12H16ClN5O2/c1-4-19-7(2)12-17-11(20-18-12)6-14-10-5-9(13)15-8(3)16-10/h5,7H,4,6H2,1-3H3,(H,14,15,16). The summed E-state index contributed by atoms with van der Waals surface area (Å²) in [6.45, 7) is 6.52. The average molecular weight is 298 g/mol. The molecule has 0 saturated heterocycles. The van der Waals surface area contributed by atoms with Crippen LogP contribution >= 0.6 is 11.6 Å². The van der Waals surface area contributed by atoms with Crippen molar-refractivity contribution in [1.82, 2.24) is 20.1 Å². The summed E-state index contributed by atoms with van der Waals surface area (Å²) < 4.78 is 10.5. The van der Waals surface area contributed by atoms with Crippen LogP contribution in [-0.4, -0.2) is 26.7 Å². The Morgan fingerprint density at radius 2 is 2.20 bits per heavy atom. The van der Waals surface area contributed by atoms with Crippen molar-refractivity contribution in [2.75, 3.05) is 11.9 Å². The predicted octanol–water partition coefficient (Wildman–Crippen LogP) is 2.53. The molecule has 0 radical (unpaired) electrons. The second kappa shape index (κ2) is 6.62. The van der Waals surface area contributed by atoms with Crippen LogP contribution in [0, 0.1) is 6.92 Å². The van der Waals surface area contributed by atoms with Crippen LogP contribution in [0.25, 0.3) is 0 Å². The minimum Gasteiger partial charge on any atom is -0.371 e. The molecule has 1 atom stereocenters. The molecule has 2 aromatic heterocycles. The molecule has 0 aliphatic carbocycles. The molecule has 108 valence electrons. The van der Waals surface area contributed by atoms with Crippen molar-refractivity contribution >= 4 is 17.4 Å². The van der Waals surface area contributed by atoms with Crippen molar-refractivity contribution in [1.29, 1.82) is 0 Å². The van der Waals surface area contributed by atoms with Crippen LogP contribution in [0.4, 0.5) is 5.82 Å². The van der Waals surface area contributed by atoms with Gasteiger partial charge >= 0.3 is 0 Å². The molecule has 2 rings (SSSR count). The van der Waals surface area contributed by atoms with Gasteiger partial charge in [0.15, 0.2) is 5.82 Å². The van der Waals surface area contributed by atoms with Gasteiger partial charge in [0.2, 0.25) is 5.89 Å². The Bertz CT molecular complexity index is 554. The Morgan fingerprint density at radius 1 is 1.40 bits per heavy atom. The van der Waals surface area contributed by atoms with Crippen LogP contribution in [0.5, 0.6) is 0 Å². The normalized spacial score (nSPS) is 12.4. The van der Waals surface area contributed by atoms with Gasteiger partial charge in [-0.05, 0) is 20.8 Å². The molecule has 1 unspecified atom stereocenters. The molecule has 2 aromatic rings. The maximum atomic E-state index is 5.85. The first kappa shape index (κ1) is 14.7. The molecule has 2 heterocycles. The maximum absolute atomic E-state index is 5.85. The van der Waals surface area contributed by atoms with Gasteiger partial charge in [0, 0.05) is 12.7 Å². The topological polar surface area (TPSA) is 86.0 Å². The molecule has 0 aliphatic rings. The van der Waals surface area contributed by atoms with Crippen LogP contribution in [0.15, 0.2) is 10.6 Å². The fraction of sp³-hybridized carbons (Fsp3) is 0.500. The van der Waals surface area contributed by atoms with Crippen LogP contribution < -0.4 is 5.32 Å². The third kappa shape index (κ3) is 3.88. The van der Waals surface area contributed by atoms with Crippen molar-refractivity contribution in [2.24, 2.45) is 0 Å². The lowest BCUT2D eigenvalue weighted by Crippen LogP contribution is -2.05. The molecule has 0 aromatic carbocycles. The van der Waals surface area contributed by atoms with Crippen molar-refractivity contribution < 1.29 is 9.26 Å². The number of halogens is 1. The summed E-state index contributed by atoms with van der Waals surface area (Å²) >= 11 is 5.85. The number of hydrogen-bond donors (Lipinski definition) is 1. The Labute approximate surface area is 121 Å². The van der Waals surface area contributed by atoms with Crippen LogP contribution in [-0.2, 0) is 11.3 Å². The zero-order valence-corrected chi connectivity index (χ0v) is 12.3. The second-order valence-electron chi connectivity index (χ2n) is 4.12. The minimum absolute atomic E-state index is 0.187. The molecule has 7 nitrogen and oxygen atoms in total. The van der Waals surface area contributed by atoms with E-state index in [9.17, 15) is 0 Å². The van der Waals surface area contributed by atoms with E-state index in [2.05, 4.69) is 25.4 Å². The van der Waals surface area contributed by atoms with E-state index in [0.29, 0.717) is 41.7 Å². The molecular weight excluding hydrogens is 282 g/mol. The Morgan fingerprint density at radius 3 is 2.90 bits per heavy atom. The molecule has 0 amide bonds. The summed E-state index contributed by atoms with van der Waals surface area (Å²) in [5.41, 5.74) is 0. The molecule has 1 N–H and O–H groups in total. The molecule has 0 aliphatic heterocycles. The van der Waals surface area contributed by atoms with E-state index in [-0.39, 0.29) is 6.10 Å². The van der Waals surface area contributed by atoms with E-state index in [4.69, 9.17) is 20.9 Å². The highest BCUT2D eigenvalue weighted by molar-refractivity contribution is 6.29. The molecule has 8 heteroatoms. The van der Waals surface area contributed by atoms with Crippen LogP contribution in [0.3, 0.4) is 0 Å². The van der Waals surface area contributed by atoms with Gasteiger partial charge in [-0.25, -0.2) is 9.97 Å². The van der Waals surface area contributed by atoms with Crippen molar-refractivity contribution in [3.05, 3.63) is 28.8 Å². The van der Waals surface area contributed by atoms with Gasteiger partial charge < -0.3 is 14.6 Å². The number of ether oxygens (including phenoxy) is 1. The molecule has 0 bridgehead atoms. The highest BCUT2D eigenvalue weighted by Gasteiger charge is 2.13. The van der Waals surface area contributed by atoms with Crippen molar-refractivity contribution in [3.8, 4) is 0 Å². The maximum Gasteiger partial charge on any atom is 0.246 e. The fourth-order valence-corrected chi connectivity index (χ4v) is 1.84. The third-order valence-corrected chi connectivity index (χ3v) is 2.69. The average Bonchev–Trinajstić information content (AvgIpc) is 2.84. The number of aryl methyl sites for hydroxylation is 1. The lowest BCUT2D eigenvalue weighted by Gasteiger charge is -2.05. The Kier molecular flexibility index (Phi) is 4.86. The van der Waals surface area contributed by atoms with E-state index in [0.717, 1.165) is 0 Å². The minimum atomic E-state index is -0.187. The second-order valence-corrected chi connectivity index (χ2v) is 4.51. The molecule has 20 heavy (non-hydrogen) atoms. The molecular formula is C12H16ClN5O2. The number of anilines is 1. The van der Waals surface area contributed by atoms with Crippen LogP contribution in [0.2, 0.25) is 5.15 Å². The van der Waals surface area contributed by atoms with E-state index in [1.807, 2.05) is 13.8 Å². The number of hydrogen-bond acceptors (Lipinski definition) is 7. The van der Waals surface area contributed by atoms with Gasteiger partial charge in [-0.2, -0.15) is 4.98 Å². The van der Waals surface area contributed by atoms with E-state index < -0.39 is 0 Å². The van der Waals surface area contributed by atoms with E-state index in [1.54, 1.807) is 13.0 Å². The zero-order chi connectivity index (χ0) is 14.5. The Hall–Kier alpha value is -1.73. The first-order valence-corrected chi connectivity index (χ1v) is 6.65. The monoisotopic (exact) mass is 297 g/mol. The highest BCUT2D eigenvalue weighted by atomic mass is 35.5. The zero-order valence-electron chi connectivity index (χ0n) is 11.6. The highest BCUT2D eigenvalue weighted by Crippen LogP contribution is 2.14. The smallest absolute Gasteiger partial charge is 0.246 e. The van der Waals surface area contributed by atoms with E-state index >= 15 is 0 Å². The third-order valence-electron chi connectivity index (χ3n) is 2.49. The molecule has 0 spiro atoms. The number of aromatic nitrogens is 4. The first-order chi connectivity index (χ1) is 9.58. The summed E-state index contributed by atoms with van der Waals surface area (Å²) in [4.78, 5) is 12.4. The fourth-order valence-electron chi connectivity index (χ4n) is 1.62. The molecule has 0 fully saturated rings. The quantitative estimate of drug-likeness (QED) is 0.820. The van der Waals surface area contributed by atoms with Crippen molar-refractivity contribution in [2.45, 2.75) is 33.4 Å². The summed E-state index contributed by atoms with van der Waals surface area (Å²) in [5.74, 6) is 2.19. The van der Waals surface area contributed by atoms with Gasteiger partial charge in [0.1, 0.15) is 22.9 Å². The number of rotatable bonds is 6. The summed E-state index contributed by atoms with van der Waals surface area (Å²) in [5, 5.41) is 7.31. The van der Waals surface area contributed by atoms with Gasteiger partial charge in [-0.15, -0.1) is 0 Å². The molecule has 0 saturated carbocycles. The predicted molar refractivity (Wildman–Crippen MR) is 73.4 cm³/mol. The lowest BCUT2D eigenvalue weighted by molar-refractivity contribution is 0.0683.